The van der Waals surface area contributed by atoms with Crippen LogP contribution in [0.4, 0.5) is 5.69 Å². The minimum atomic E-state index is -1.71. The van der Waals surface area contributed by atoms with Crippen molar-refractivity contribution in [1.82, 2.24) is 0 Å². The van der Waals surface area contributed by atoms with Crippen molar-refractivity contribution in [2.45, 2.75) is 13.3 Å². The summed E-state index contributed by atoms with van der Waals surface area (Å²) in [6.45, 7) is 1.83. The van der Waals surface area contributed by atoms with Crippen molar-refractivity contribution in [2.75, 3.05) is 11.9 Å². The van der Waals surface area contributed by atoms with Crippen molar-refractivity contribution in [2.24, 2.45) is 0 Å². The van der Waals surface area contributed by atoms with E-state index in [1.54, 1.807) is 36.4 Å². The molecule has 0 aliphatic rings. The third kappa shape index (κ3) is 7.49. The molecule has 1 N–H and O–H groups in total. The molecule has 2 aromatic carbocycles. The second kappa shape index (κ2) is 10.5. The molecular weight excluding hydrogens is 349 g/mol. The quantitative estimate of drug-likeness (QED) is 0.447. The number of hydrogen-bond acceptors (Lipinski definition) is 5. The Kier molecular flexibility index (Phi) is 9.02. The van der Waals surface area contributed by atoms with Gasteiger partial charge in [-0.05, 0) is 36.8 Å². The van der Waals surface area contributed by atoms with Crippen molar-refractivity contribution >= 4 is 23.3 Å². The number of amides is 1. The molecule has 0 bridgehead atoms. The van der Waals surface area contributed by atoms with Gasteiger partial charge >= 0.3 is 51.4 Å². The number of carboxylic acid groups (broad SMARTS) is 1. The van der Waals surface area contributed by atoms with Gasteiger partial charge in [0.15, 0.2) is 12.4 Å². The number of anilines is 1. The normalized spacial score (nSPS) is 9.64. The topological polar surface area (TPSA) is 95.5 Å². The first-order valence-corrected chi connectivity index (χ1v) is 7.26. The van der Waals surface area contributed by atoms with Gasteiger partial charge in [-0.15, -0.1) is 0 Å². The van der Waals surface area contributed by atoms with E-state index in [1.807, 2.05) is 19.1 Å². The Morgan fingerprint density at radius 3 is 2.16 bits per heavy atom. The van der Waals surface area contributed by atoms with E-state index in [9.17, 15) is 19.5 Å². The monoisotopic (exact) mass is 365 g/mol. The Morgan fingerprint density at radius 1 is 1.00 bits per heavy atom. The average molecular weight is 365 g/mol. The summed E-state index contributed by atoms with van der Waals surface area (Å²) in [7, 11) is 0. The zero-order valence-electron chi connectivity index (χ0n) is 14.1. The summed E-state index contributed by atoms with van der Waals surface area (Å²) in [5, 5.41) is 13.0. The van der Waals surface area contributed by atoms with Crippen LogP contribution in [0.2, 0.25) is 0 Å². The van der Waals surface area contributed by atoms with Gasteiger partial charge in [0.05, 0.1) is 0 Å². The van der Waals surface area contributed by atoms with Crippen molar-refractivity contribution < 1.29 is 75.6 Å². The van der Waals surface area contributed by atoms with Crippen LogP contribution in [-0.4, -0.2) is 24.3 Å². The number of carbonyl (C=O) groups excluding carboxylic acids is 3. The first-order chi connectivity index (χ1) is 11.4. The Morgan fingerprint density at radius 2 is 1.60 bits per heavy atom. The zero-order valence-corrected chi connectivity index (χ0v) is 17.2. The fourth-order valence-electron chi connectivity index (χ4n) is 1.94. The molecule has 0 saturated carbocycles. The molecule has 0 aliphatic carbocycles. The summed E-state index contributed by atoms with van der Waals surface area (Å²) in [5.74, 6) is -2.42. The number of ketones is 1. The molecule has 0 aliphatic heterocycles. The number of nitrogens with one attached hydrogen (secondary N) is 1. The number of hydrogen-bond donors (Lipinski definition) is 1. The van der Waals surface area contributed by atoms with Crippen molar-refractivity contribution in [3.8, 4) is 5.75 Å². The maximum atomic E-state index is 11.8. The fourth-order valence-corrected chi connectivity index (χ4v) is 1.94. The van der Waals surface area contributed by atoms with E-state index in [4.69, 9.17) is 4.74 Å². The number of carbonyl (C=O) groups is 3. The van der Waals surface area contributed by atoms with E-state index in [-0.39, 0.29) is 70.3 Å². The molecule has 0 aromatic heterocycles. The Labute approximate surface area is 188 Å². The van der Waals surface area contributed by atoms with Crippen molar-refractivity contribution in [3.63, 3.8) is 0 Å². The summed E-state index contributed by atoms with van der Waals surface area (Å²) < 4.78 is 5.37. The summed E-state index contributed by atoms with van der Waals surface area (Å²) in [5.41, 5.74) is 2.15. The van der Waals surface area contributed by atoms with Crippen LogP contribution < -0.4 is 66.5 Å². The number of rotatable bonds is 7. The Bertz CT molecular complexity index is 741. The maximum absolute atomic E-state index is 11.8. The molecular formula is C18H16KNO5. The van der Waals surface area contributed by atoms with Crippen LogP contribution in [-0.2, 0) is 20.8 Å². The van der Waals surface area contributed by atoms with Crippen LogP contribution in [0.15, 0.2) is 48.5 Å². The SMILES string of the molecule is Cc1ccc(OCC(=O)Nc2ccc(CC(=O)C(=O)[O-])cc2)cc1.[K+]. The van der Waals surface area contributed by atoms with Gasteiger partial charge in [-0.25, -0.2) is 0 Å². The van der Waals surface area contributed by atoms with Gasteiger partial charge in [-0.3, -0.25) is 9.59 Å². The summed E-state index contributed by atoms with van der Waals surface area (Å²) in [4.78, 5) is 33.3. The Balaban J connectivity index is 0.00000312. The van der Waals surface area contributed by atoms with Gasteiger partial charge in [0.2, 0.25) is 0 Å². The number of aryl methyl sites for hydroxylation is 1. The molecule has 0 unspecified atom stereocenters. The third-order valence-electron chi connectivity index (χ3n) is 3.22. The van der Waals surface area contributed by atoms with Crippen LogP contribution in [0.1, 0.15) is 11.1 Å². The first-order valence-electron chi connectivity index (χ1n) is 7.26. The van der Waals surface area contributed by atoms with Crippen LogP contribution in [0.3, 0.4) is 0 Å². The number of aliphatic carboxylic acids is 1. The standard InChI is InChI=1S/C18H17NO5.K/c1-12-2-8-15(9-3-12)24-11-17(21)19-14-6-4-13(5-7-14)10-16(20)18(22)23;/h2-9H,10-11H2,1H3,(H,19,21)(H,22,23);/q;+1/p-1. The smallest absolute Gasteiger partial charge is 0.542 e. The van der Waals surface area contributed by atoms with Crippen LogP contribution in [0.25, 0.3) is 0 Å². The largest absolute Gasteiger partial charge is 1.00 e. The van der Waals surface area contributed by atoms with E-state index < -0.39 is 11.8 Å². The molecule has 0 spiro atoms. The van der Waals surface area contributed by atoms with Crippen LogP contribution >= 0.6 is 0 Å². The van der Waals surface area contributed by atoms with E-state index in [2.05, 4.69) is 5.32 Å². The third-order valence-corrected chi connectivity index (χ3v) is 3.22. The molecule has 7 heteroatoms. The molecule has 0 radical (unpaired) electrons. The minimum Gasteiger partial charge on any atom is -0.542 e. The summed E-state index contributed by atoms with van der Waals surface area (Å²) in [6, 6.07) is 13.6. The molecule has 2 aromatic rings. The molecule has 0 atom stereocenters. The first kappa shape index (κ1) is 21.5. The van der Waals surface area contributed by atoms with Crippen molar-refractivity contribution in [3.05, 3.63) is 59.7 Å². The van der Waals surface area contributed by atoms with Gasteiger partial charge in [-0.2, -0.15) is 0 Å². The van der Waals surface area contributed by atoms with E-state index in [0.717, 1.165) is 5.56 Å². The second-order valence-corrected chi connectivity index (χ2v) is 5.23. The average Bonchev–Trinajstić information content (AvgIpc) is 2.56. The molecule has 1 amide bonds. The molecule has 6 nitrogen and oxygen atoms in total. The van der Waals surface area contributed by atoms with Crippen molar-refractivity contribution in [1.29, 1.82) is 0 Å². The molecule has 25 heavy (non-hydrogen) atoms. The maximum Gasteiger partial charge on any atom is 1.00 e. The van der Waals surface area contributed by atoms with Crippen LogP contribution in [0, 0.1) is 6.92 Å². The van der Waals surface area contributed by atoms with E-state index in [1.165, 1.54) is 0 Å². The predicted octanol–water partition coefficient (Wildman–Crippen LogP) is -2.12. The molecule has 2 rings (SSSR count). The fraction of sp³-hybridized carbons (Fsp3) is 0.167. The Hall–Kier alpha value is -1.51. The van der Waals surface area contributed by atoms with Crippen LogP contribution in [0.5, 0.6) is 5.75 Å². The van der Waals surface area contributed by atoms with E-state index >= 15 is 0 Å². The summed E-state index contributed by atoms with van der Waals surface area (Å²) in [6.07, 6.45) is -0.243. The van der Waals surface area contributed by atoms with Gasteiger partial charge in [0, 0.05) is 12.1 Å². The number of benzene rings is 2. The van der Waals surface area contributed by atoms with E-state index in [0.29, 0.717) is 17.0 Å². The second-order valence-electron chi connectivity index (χ2n) is 5.23. The summed E-state index contributed by atoms with van der Waals surface area (Å²) >= 11 is 0. The molecule has 0 saturated heterocycles. The number of carboxylic acids is 1. The van der Waals surface area contributed by atoms with Gasteiger partial charge in [-0.1, -0.05) is 29.8 Å². The zero-order chi connectivity index (χ0) is 17.5. The number of Topliss-reactive ketones (excluding diaryl/α,β-unsaturated/α-hetero) is 1. The van der Waals surface area contributed by atoms with Gasteiger partial charge < -0.3 is 20.0 Å². The minimum absolute atomic E-state index is 0. The van der Waals surface area contributed by atoms with Gasteiger partial charge in [0.1, 0.15) is 11.7 Å². The number of ether oxygens (including phenoxy) is 1. The molecule has 0 heterocycles. The molecule has 124 valence electrons. The van der Waals surface area contributed by atoms with Gasteiger partial charge in [0.25, 0.3) is 5.91 Å². The molecule has 0 fully saturated rings. The predicted molar refractivity (Wildman–Crippen MR) is 85.5 cm³/mol.